The summed E-state index contributed by atoms with van der Waals surface area (Å²) in [6.07, 6.45) is 2.15. The number of hydrogen-bond donors (Lipinski definition) is 1. The van der Waals surface area contributed by atoms with Crippen LogP contribution in [-0.2, 0) is 10.3 Å². The molecule has 2 saturated heterocycles. The van der Waals surface area contributed by atoms with Crippen LogP contribution in [0, 0.1) is 5.92 Å². The molecule has 8 heteroatoms. The van der Waals surface area contributed by atoms with Gasteiger partial charge in [0.25, 0.3) is 5.89 Å². The molecule has 0 unspecified atom stereocenters. The van der Waals surface area contributed by atoms with Crippen molar-refractivity contribution >= 4 is 11.6 Å². The van der Waals surface area contributed by atoms with Crippen molar-refractivity contribution in [3.05, 3.63) is 23.0 Å². The van der Waals surface area contributed by atoms with Crippen molar-refractivity contribution in [1.29, 1.82) is 0 Å². The van der Waals surface area contributed by atoms with Gasteiger partial charge in [-0.25, -0.2) is 0 Å². The summed E-state index contributed by atoms with van der Waals surface area (Å²) in [5, 5.41) is 7.95. The molecule has 1 aromatic carbocycles. The predicted octanol–water partition coefficient (Wildman–Crippen LogP) is 2.63. The summed E-state index contributed by atoms with van der Waals surface area (Å²) in [4.78, 5) is 4.61. The lowest BCUT2D eigenvalue weighted by Crippen LogP contribution is -2.41. The van der Waals surface area contributed by atoms with Crippen LogP contribution in [0.3, 0.4) is 0 Å². The molecule has 2 fully saturated rings. The topological polar surface area (TPSA) is 78.6 Å². The highest BCUT2D eigenvalue weighted by atomic mass is 35.5. The third-order valence-corrected chi connectivity index (χ3v) is 5.25. The number of benzene rings is 1. The molecule has 0 aliphatic carbocycles. The molecule has 2 aliphatic heterocycles. The summed E-state index contributed by atoms with van der Waals surface area (Å²) in [7, 11) is 3.10. The van der Waals surface area contributed by atoms with E-state index in [2.05, 4.69) is 15.5 Å². The van der Waals surface area contributed by atoms with Crippen molar-refractivity contribution in [3.63, 3.8) is 0 Å². The number of fused-ring (bicyclic) bond motifs is 1. The van der Waals surface area contributed by atoms with Crippen LogP contribution in [0.15, 0.2) is 16.7 Å². The Kier molecular flexibility index (Phi) is 4.31. The minimum absolute atomic E-state index is 0.351. The maximum absolute atomic E-state index is 6.28. The van der Waals surface area contributed by atoms with Crippen molar-refractivity contribution in [2.75, 3.05) is 33.9 Å². The van der Waals surface area contributed by atoms with Crippen molar-refractivity contribution in [3.8, 4) is 22.9 Å². The van der Waals surface area contributed by atoms with Crippen molar-refractivity contribution in [1.82, 2.24) is 15.5 Å². The van der Waals surface area contributed by atoms with Gasteiger partial charge in [0.15, 0.2) is 17.1 Å². The summed E-state index contributed by atoms with van der Waals surface area (Å²) in [5.74, 6) is 2.31. The zero-order valence-corrected chi connectivity index (χ0v) is 14.9. The van der Waals surface area contributed by atoms with Crippen LogP contribution >= 0.6 is 11.6 Å². The molecule has 0 bridgehead atoms. The first-order valence-corrected chi connectivity index (χ1v) is 8.66. The quantitative estimate of drug-likeness (QED) is 0.892. The Morgan fingerprint density at radius 3 is 3.00 bits per heavy atom. The monoisotopic (exact) mass is 365 g/mol. The zero-order valence-electron chi connectivity index (χ0n) is 14.2. The molecule has 0 radical (unpaired) electrons. The highest BCUT2D eigenvalue weighted by molar-refractivity contribution is 6.32. The van der Waals surface area contributed by atoms with E-state index in [4.69, 9.17) is 30.3 Å². The molecular formula is C17H20ClN3O4. The minimum atomic E-state index is -0.524. The molecule has 0 spiro atoms. The third kappa shape index (κ3) is 2.67. The molecule has 2 aliphatic rings. The van der Waals surface area contributed by atoms with E-state index >= 15 is 0 Å². The number of rotatable bonds is 4. The van der Waals surface area contributed by atoms with Crippen LogP contribution in [0.4, 0.5) is 0 Å². The fourth-order valence-corrected chi connectivity index (χ4v) is 3.99. The fraction of sp³-hybridized carbons (Fsp3) is 0.529. The molecule has 4 rings (SSSR count). The number of halogens is 1. The van der Waals surface area contributed by atoms with Gasteiger partial charge in [-0.15, -0.1) is 0 Å². The Morgan fingerprint density at radius 1 is 1.32 bits per heavy atom. The van der Waals surface area contributed by atoms with Gasteiger partial charge in [-0.3, -0.25) is 0 Å². The average molecular weight is 366 g/mol. The van der Waals surface area contributed by atoms with E-state index in [9.17, 15) is 0 Å². The minimum Gasteiger partial charge on any atom is -0.493 e. The Balaban J connectivity index is 1.71. The molecule has 2 aromatic rings. The number of nitrogens with one attached hydrogen (secondary N) is 1. The number of methoxy groups -OCH3 is 2. The van der Waals surface area contributed by atoms with E-state index < -0.39 is 5.60 Å². The third-order valence-electron chi connectivity index (χ3n) is 4.97. The fourth-order valence-electron chi connectivity index (χ4n) is 3.70. The van der Waals surface area contributed by atoms with Crippen LogP contribution in [0.1, 0.15) is 18.7 Å². The highest BCUT2D eigenvalue weighted by Gasteiger charge is 2.51. The lowest BCUT2D eigenvalue weighted by Gasteiger charge is -2.35. The van der Waals surface area contributed by atoms with Gasteiger partial charge >= 0.3 is 0 Å². The summed E-state index contributed by atoms with van der Waals surface area (Å²) < 4.78 is 22.3. The molecule has 1 aromatic heterocycles. The lowest BCUT2D eigenvalue weighted by molar-refractivity contribution is -0.116. The van der Waals surface area contributed by atoms with E-state index in [1.165, 1.54) is 0 Å². The number of hydrogen-bond acceptors (Lipinski definition) is 7. The van der Waals surface area contributed by atoms with Crippen LogP contribution in [0.5, 0.6) is 11.5 Å². The Bertz CT molecular complexity index is 781. The first-order chi connectivity index (χ1) is 12.2. The first kappa shape index (κ1) is 16.6. The normalized spacial score (nSPS) is 25.6. The molecule has 7 nitrogen and oxygen atoms in total. The second kappa shape index (κ2) is 6.48. The molecular weight excluding hydrogens is 346 g/mol. The van der Waals surface area contributed by atoms with Crippen molar-refractivity contribution in [2.45, 2.75) is 18.4 Å². The van der Waals surface area contributed by atoms with E-state index in [-0.39, 0.29) is 0 Å². The maximum atomic E-state index is 6.28. The first-order valence-electron chi connectivity index (χ1n) is 8.28. The van der Waals surface area contributed by atoms with Crippen molar-refractivity contribution in [2.24, 2.45) is 5.92 Å². The predicted molar refractivity (Wildman–Crippen MR) is 91.1 cm³/mol. The molecule has 3 heterocycles. The second-order valence-corrected chi connectivity index (χ2v) is 6.73. The molecule has 134 valence electrons. The van der Waals surface area contributed by atoms with Crippen LogP contribution in [0.2, 0.25) is 5.02 Å². The zero-order chi connectivity index (χ0) is 17.4. The number of aromatic nitrogens is 2. The van der Waals surface area contributed by atoms with E-state index in [0.717, 1.165) is 19.4 Å². The van der Waals surface area contributed by atoms with Gasteiger partial charge < -0.3 is 24.1 Å². The van der Waals surface area contributed by atoms with Crippen LogP contribution in [0.25, 0.3) is 11.4 Å². The Morgan fingerprint density at radius 2 is 2.20 bits per heavy atom. The van der Waals surface area contributed by atoms with Crippen molar-refractivity contribution < 1.29 is 18.7 Å². The summed E-state index contributed by atoms with van der Waals surface area (Å²) in [6.45, 7) is 2.30. The summed E-state index contributed by atoms with van der Waals surface area (Å²) in [6, 6.07) is 3.52. The van der Waals surface area contributed by atoms with E-state index in [1.54, 1.807) is 26.4 Å². The van der Waals surface area contributed by atoms with Crippen LogP contribution < -0.4 is 14.8 Å². The molecule has 2 atom stereocenters. The standard InChI is InChI=1S/C17H20ClN3O4/c1-22-13-7-10(6-12(18)14(13)23-2)15-20-16(25-21-15)17-9-19-8-11(17)4-3-5-24-17/h6-7,11,19H,3-5,8-9H2,1-2H3/t11-,17+/m1/s1. The molecule has 25 heavy (non-hydrogen) atoms. The van der Waals surface area contributed by atoms with Gasteiger partial charge in [0.2, 0.25) is 5.82 Å². The van der Waals surface area contributed by atoms with Crippen LogP contribution in [-0.4, -0.2) is 44.1 Å². The smallest absolute Gasteiger partial charge is 0.260 e. The Labute approximate surface area is 150 Å². The largest absolute Gasteiger partial charge is 0.493 e. The summed E-state index contributed by atoms with van der Waals surface area (Å²) in [5.41, 5.74) is 0.177. The summed E-state index contributed by atoms with van der Waals surface area (Å²) >= 11 is 6.28. The van der Waals surface area contributed by atoms with Gasteiger partial charge in [-0.05, 0) is 25.0 Å². The highest BCUT2D eigenvalue weighted by Crippen LogP contribution is 2.43. The SMILES string of the molecule is COc1cc(-c2noc([C@]34CNC[C@H]3CCCO4)n2)cc(Cl)c1OC. The molecule has 0 saturated carbocycles. The second-order valence-electron chi connectivity index (χ2n) is 6.32. The van der Waals surface area contributed by atoms with Gasteiger partial charge in [0.1, 0.15) is 0 Å². The Hall–Kier alpha value is -1.83. The number of ether oxygens (including phenoxy) is 3. The maximum Gasteiger partial charge on any atom is 0.260 e. The number of nitrogens with zero attached hydrogens (tertiary/aromatic N) is 2. The molecule has 1 N–H and O–H groups in total. The van der Waals surface area contributed by atoms with Gasteiger partial charge in [0.05, 0.1) is 19.2 Å². The van der Waals surface area contributed by atoms with Gasteiger partial charge in [0, 0.05) is 31.2 Å². The van der Waals surface area contributed by atoms with E-state index in [1.807, 2.05) is 0 Å². The van der Waals surface area contributed by atoms with E-state index in [0.29, 0.717) is 52.9 Å². The van der Waals surface area contributed by atoms with Gasteiger partial charge in [-0.2, -0.15) is 4.98 Å². The molecule has 0 amide bonds. The average Bonchev–Trinajstić information content (AvgIpc) is 3.28. The lowest BCUT2D eigenvalue weighted by atomic mass is 9.84. The van der Waals surface area contributed by atoms with Gasteiger partial charge in [-0.1, -0.05) is 16.8 Å².